The summed E-state index contributed by atoms with van der Waals surface area (Å²) in [6, 6.07) is 1.75. The Labute approximate surface area is 70.9 Å². The fraction of sp³-hybridized carbons (Fsp3) is 0.500. The first kappa shape index (κ1) is 8.68. The maximum absolute atomic E-state index is 9.99. The van der Waals surface area contributed by atoms with Gasteiger partial charge in [-0.15, -0.1) is 0 Å². The van der Waals surface area contributed by atoms with Crippen LogP contribution in [0.3, 0.4) is 0 Å². The van der Waals surface area contributed by atoms with Gasteiger partial charge in [-0.25, -0.2) is 4.79 Å². The molecule has 1 aromatic heterocycles. The van der Waals surface area contributed by atoms with Gasteiger partial charge in [-0.05, 0) is 19.9 Å². The molecule has 0 amide bonds. The molecule has 0 saturated heterocycles. The summed E-state index contributed by atoms with van der Waals surface area (Å²) in [7, 11) is 1.83. The molecule has 0 N–H and O–H groups in total. The zero-order valence-electron chi connectivity index (χ0n) is 7.40. The van der Waals surface area contributed by atoms with Crippen LogP contribution in [-0.4, -0.2) is 15.9 Å². The van der Waals surface area contributed by atoms with E-state index in [0.717, 1.165) is 11.4 Å². The molecule has 1 heterocycles. The normalized spacial score (nSPS) is 12.2. The molecule has 4 heteroatoms. The van der Waals surface area contributed by atoms with Crippen molar-refractivity contribution in [3.63, 3.8) is 0 Å². The molecule has 1 atom stereocenters. The molecule has 0 fully saturated rings. The Bertz CT molecular complexity index is 323. The van der Waals surface area contributed by atoms with Crippen molar-refractivity contribution in [2.24, 2.45) is 12.0 Å². The van der Waals surface area contributed by atoms with Crippen LogP contribution in [0.15, 0.2) is 11.1 Å². The lowest BCUT2D eigenvalue weighted by molar-refractivity contribution is 0.556. The molecule has 64 valence electrons. The zero-order valence-corrected chi connectivity index (χ0v) is 7.40. The van der Waals surface area contributed by atoms with Gasteiger partial charge in [-0.3, -0.25) is 4.68 Å². The third kappa shape index (κ3) is 1.60. The van der Waals surface area contributed by atoms with E-state index in [1.54, 1.807) is 4.68 Å². The van der Waals surface area contributed by atoms with Gasteiger partial charge in [0.15, 0.2) is 0 Å². The van der Waals surface area contributed by atoms with E-state index < -0.39 is 0 Å². The van der Waals surface area contributed by atoms with Crippen LogP contribution in [0, 0.1) is 6.92 Å². The minimum absolute atomic E-state index is 0.159. The summed E-state index contributed by atoms with van der Waals surface area (Å²) in [6.07, 6.45) is 1.54. The predicted octanol–water partition coefficient (Wildman–Crippen LogP) is 1.13. The highest BCUT2D eigenvalue weighted by Crippen LogP contribution is 2.15. The summed E-state index contributed by atoms with van der Waals surface area (Å²) < 4.78 is 1.72. The van der Waals surface area contributed by atoms with Gasteiger partial charge in [0.05, 0.1) is 11.4 Å². The van der Waals surface area contributed by atoms with E-state index in [1.165, 1.54) is 6.08 Å². The first-order valence-electron chi connectivity index (χ1n) is 3.72. The number of aryl methyl sites for hydroxylation is 2. The van der Waals surface area contributed by atoms with E-state index >= 15 is 0 Å². The first-order valence-corrected chi connectivity index (χ1v) is 3.72. The zero-order chi connectivity index (χ0) is 9.14. The summed E-state index contributed by atoms with van der Waals surface area (Å²) in [5, 5.41) is 4.14. The molecule has 0 aliphatic rings. The molecular formula is C8H11N3O. The van der Waals surface area contributed by atoms with Crippen molar-refractivity contribution in [2.75, 3.05) is 0 Å². The second kappa shape index (κ2) is 3.32. The lowest BCUT2D eigenvalue weighted by Crippen LogP contribution is -2.00. The van der Waals surface area contributed by atoms with Crippen molar-refractivity contribution < 1.29 is 4.79 Å². The number of isocyanates is 1. The van der Waals surface area contributed by atoms with Crippen LogP contribution in [0.1, 0.15) is 24.4 Å². The van der Waals surface area contributed by atoms with Crippen molar-refractivity contribution in [2.45, 2.75) is 19.9 Å². The van der Waals surface area contributed by atoms with Crippen LogP contribution in [0.5, 0.6) is 0 Å². The minimum Gasteiger partial charge on any atom is -0.270 e. The monoisotopic (exact) mass is 165 g/mol. The third-order valence-corrected chi connectivity index (χ3v) is 1.71. The highest BCUT2D eigenvalue weighted by molar-refractivity contribution is 5.34. The molecule has 12 heavy (non-hydrogen) atoms. The summed E-state index contributed by atoms with van der Waals surface area (Å²) in [5.74, 6) is 0. The first-order chi connectivity index (χ1) is 5.65. The van der Waals surface area contributed by atoms with E-state index in [4.69, 9.17) is 0 Å². The number of hydrogen-bond donors (Lipinski definition) is 0. The molecule has 0 saturated carbocycles. The van der Waals surface area contributed by atoms with Crippen LogP contribution in [0.4, 0.5) is 0 Å². The van der Waals surface area contributed by atoms with Gasteiger partial charge in [0.1, 0.15) is 6.04 Å². The molecule has 0 aliphatic carbocycles. The molecule has 0 spiro atoms. The van der Waals surface area contributed by atoms with Crippen LogP contribution >= 0.6 is 0 Å². The molecule has 0 radical (unpaired) electrons. The fourth-order valence-electron chi connectivity index (χ4n) is 1.17. The summed E-state index contributed by atoms with van der Waals surface area (Å²) in [4.78, 5) is 13.6. The van der Waals surface area contributed by atoms with Crippen LogP contribution in [-0.2, 0) is 11.8 Å². The Balaban J connectivity index is 3.01. The lowest BCUT2D eigenvalue weighted by atomic mass is 10.2. The topological polar surface area (TPSA) is 47.2 Å². The summed E-state index contributed by atoms with van der Waals surface area (Å²) >= 11 is 0. The number of hydrogen-bond acceptors (Lipinski definition) is 3. The van der Waals surface area contributed by atoms with Gasteiger partial charge in [0, 0.05) is 7.05 Å². The predicted molar refractivity (Wildman–Crippen MR) is 44.5 cm³/mol. The Hall–Kier alpha value is -1.41. The Morgan fingerprint density at radius 2 is 2.42 bits per heavy atom. The highest BCUT2D eigenvalue weighted by atomic mass is 16.1. The van der Waals surface area contributed by atoms with Gasteiger partial charge in [0.2, 0.25) is 6.08 Å². The van der Waals surface area contributed by atoms with Gasteiger partial charge >= 0.3 is 0 Å². The number of rotatable bonds is 2. The van der Waals surface area contributed by atoms with Gasteiger partial charge < -0.3 is 0 Å². The smallest absolute Gasteiger partial charge is 0.235 e. The summed E-state index contributed by atoms with van der Waals surface area (Å²) in [5.41, 5.74) is 1.86. The van der Waals surface area contributed by atoms with Crippen LogP contribution in [0.2, 0.25) is 0 Å². The third-order valence-electron chi connectivity index (χ3n) is 1.71. The fourth-order valence-corrected chi connectivity index (χ4v) is 1.17. The highest BCUT2D eigenvalue weighted by Gasteiger charge is 2.08. The van der Waals surface area contributed by atoms with Crippen molar-refractivity contribution in [3.05, 3.63) is 17.5 Å². The van der Waals surface area contributed by atoms with Crippen molar-refractivity contribution in [1.82, 2.24) is 9.78 Å². The number of aromatic nitrogens is 2. The molecule has 0 aromatic carbocycles. The Kier molecular flexibility index (Phi) is 2.41. The molecule has 0 bridgehead atoms. The molecule has 1 rings (SSSR count). The number of aliphatic imine (C=N–C) groups is 1. The molecular weight excluding hydrogens is 154 g/mol. The van der Waals surface area contributed by atoms with Crippen LogP contribution in [0.25, 0.3) is 0 Å². The quantitative estimate of drug-likeness (QED) is 0.487. The largest absolute Gasteiger partial charge is 0.270 e. The Morgan fingerprint density at radius 3 is 2.83 bits per heavy atom. The van der Waals surface area contributed by atoms with Crippen molar-refractivity contribution in [1.29, 1.82) is 0 Å². The van der Waals surface area contributed by atoms with Crippen molar-refractivity contribution in [3.8, 4) is 0 Å². The van der Waals surface area contributed by atoms with Crippen LogP contribution < -0.4 is 0 Å². The molecule has 4 nitrogen and oxygen atoms in total. The molecule has 1 unspecified atom stereocenters. The van der Waals surface area contributed by atoms with Crippen molar-refractivity contribution >= 4 is 6.08 Å². The van der Waals surface area contributed by atoms with Gasteiger partial charge in [0.25, 0.3) is 0 Å². The molecule has 1 aromatic rings. The SMILES string of the molecule is Cc1cc(C(C)N=C=O)n(C)n1. The van der Waals surface area contributed by atoms with E-state index in [2.05, 4.69) is 10.1 Å². The van der Waals surface area contributed by atoms with E-state index in [9.17, 15) is 4.79 Å². The average Bonchev–Trinajstić information content (AvgIpc) is 2.30. The second-order valence-electron chi connectivity index (χ2n) is 2.73. The second-order valence-corrected chi connectivity index (χ2v) is 2.73. The number of nitrogens with zero attached hydrogens (tertiary/aromatic N) is 3. The minimum atomic E-state index is -0.159. The number of carbonyl (C=O) groups excluding carboxylic acids is 1. The van der Waals surface area contributed by atoms with Gasteiger partial charge in [-0.2, -0.15) is 10.1 Å². The standard InChI is InChI=1S/C8H11N3O/c1-6-4-8(11(3)10-6)7(2)9-5-12/h4,7H,1-3H3. The molecule has 0 aliphatic heterocycles. The maximum atomic E-state index is 9.99. The summed E-state index contributed by atoms with van der Waals surface area (Å²) in [6.45, 7) is 3.74. The maximum Gasteiger partial charge on any atom is 0.235 e. The lowest BCUT2D eigenvalue weighted by Gasteiger charge is -2.02. The Morgan fingerprint density at radius 1 is 1.75 bits per heavy atom. The van der Waals surface area contributed by atoms with E-state index in [-0.39, 0.29) is 6.04 Å². The average molecular weight is 165 g/mol. The van der Waals surface area contributed by atoms with E-state index in [0.29, 0.717) is 0 Å². The van der Waals surface area contributed by atoms with Gasteiger partial charge in [-0.1, -0.05) is 0 Å². The van der Waals surface area contributed by atoms with E-state index in [1.807, 2.05) is 27.0 Å².